The number of benzene rings is 1. The summed E-state index contributed by atoms with van der Waals surface area (Å²) in [6.45, 7) is 2.79. The lowest BCUT2D eigenvalue weighted by Crippen LogP contribution is -2.26. The number of halogens is 1. The number of carbonyl (C=O) groups is 1. The van der Waals surface area contributed by atoms with Gasteiger partial charge in [-0.3, -0.25) is 4.79 Å². The molecule has 0 saturated carbocycles. The van der Waals surface area contributed by atoms with Gasteiger partial charge in [-0.2, -0.15) is 0 Å². The van der Waals surface area contributed by atoms with Crippen molar-refractivity contribution in [3.63, 3.8) is 0 Å². The van der Waals surface area contributed by atoms with Gasteiger partial charge in [-0.05, 0) is 18.6 Å². The standard InChI is InChI=1S/C15H18FN3O2S/c1-2-3-6-9-17-13(20)10-22-15-19-18-14(21-15)11-7-4-5-8-12(11)16/h4-5,7-8H,2-3,6,9-10H2,1H3,(H,17,20). The fourth-order valence-corrected chi connectivity index (χ4v) is 2.39. The van der Waals surface area contributed by atoms with Gasteiger partial charge in [-0.1, -0.05) is 43.7 Å². The van der Waals surface area contributed by atoms with E-state index in [1.165, 1.54) is 6.07 Å². The zero-order valence-electron chi connectivity index (χ0n) is 12.3. The SMILES string of the molecule is CCCCCNC(=O)CSc1nnc(-c2ccccc2F)o1. The quantitative estimate of drug-likeness (QED) is 0.596. The van der Waals surface area contributed by atoms with Crippen LogP contribution in [0.25, 0.3) is 11.5 Å². The number of carbonyl (C=O) groups excluding carboxylic acids is 1. The van der Waals surface area contributed by atoms with Gasteiger partial charge in [0.25, 0.3) is 11.1 Å². The van der Waals surface area contributed by atoms with Gasteiger partial charge in [0, 0.05) is 6.54 Å². The second-order valence-electron chi connectivity index (χ2n) is 4.70. The Balaban J connectivity index is 1.83. The number of unbranched alkanes of at least 4 members (excludes halogenated alkanes) is 2. The van der Waals surface area contributed by atoms with E-state index in [2.05, 4.69) is 22.4 Å². The van der Waals surface area contributed by atoms with Crippen LogP contribution in [0, 0.1) is 5.82 Å². The van der Waals surface area contributed by atoms with Gasteiger partial charge >= 0.3 is 0 Å². The third-order valence-corrected chi connectivity index (χ3v) is 3.76. The Kier molecular flexibility index (Phi) is 6.39. The van der Waals surface area contributed by atoms with Crippen LogP contribution in [-0.2, 0) is 4.79 Å². The molecule has 0 bridgehead atoms. The summed E-state index contributed by atoms with van der Waals surface area (Å²) in [4.78, 5) is 11.6. The highest BCUT2D eigenvalue weighted by molar-refractivity contribution is 7.99. The normalized spacial score (nSPS) is 10.6. The fraction of sp³-hybridized carbons (Fsp3) is 0.400. The molecule has 2 aromatic rings. The Morgan fingerprint density at radius 3 is 2.91 bits per heavy atom. The van der Waals surface area contributed by atoms with E-state index in [0.717, 1.165) is 31.0 Å². The Labute approximate surface area is 132 Å². The van der Waals surface area contributed by atoms with Crippen molar-refractivity contribution in [1.82, 2.24) is 15.5 Å². The van der Waals surface area contributed by atoms with Gasteiger partial charge in [0.1, 0.15) is 5.82 Å². The van der Waals surface area contributed by atoms with E-state index in [1.807, 2.05) is 0 Å². The molecule has 0 atom stereocenters. The first-order valence-electron chi connectivity index (χ1n) is 7.18. The lowest BCUT2D eigenvalue weighted by molar-refractivity contribution is -0.118. The maximum atomic E-state index is 13.6. The molecule has 0 fully saturated rings. The Bertz CT molecular complexity index is 618. The molecule has 7 heteroatoms. The topological polar surface area (TPSA) is 68.0 Å². The molecule has 0 aliphatic rings. The van der Waals surface area contributed by atoms with Crippen LogP contribution in [0.1, 0.15) is 26.2 Å². The third-order valence-electron chi connectivity index (χ3n) is 2.94. The monoisotopic (exact) mass is 323 g/mol. The van der Waals surface area contributed by atoms with Gasteiger partial charge < -0.3 is 9.73 Å². The summed E-state index contributed by atoms with van der Waals surface area (Å²) >= 11 is 1.14. The van der Waals surface area contributed by atoms with Crippen LogP contribution in [0.4, 0.5) is 4.39 Å². The minimum atomic E-state index is -0.420. The number of amides is 1. The molecule has 0 aliphatic carbocycles. The molecule has 0 unspecified atom stereocenters. The van der Waals surface area contributed by atoms with Crippen molar-refractivity contribution in [3.8, 4) is 11.5 Å². The Morgan fingerprint density at radius 2 is 2.14 bits per heavy atom. The van der Waals surface area contributed by atoms with Crippen molar-refractivity contribution < 1.29 is 13.6 Å². The number of aromatic nitrogens is 2. The van der Waals surface area contributed by atoms with Crippen molar-refractivity contribution in [2.45, 2.75) is 31.4 Å². The molecular formula is C15H18FN3O2S. The molecule has 0 radical (unpaired) electrons. The van der Waals surface area contributed by atoms with Gasteiger partial charge in [0.15, 0.2) is 0 Å². The summed E-state index contributed by atoms with van der Waals surface area (Å²) in [6.07, 6.45) is 3.19. The summed E-state index contributed by atoms with van der Waals surface area (Å²) in [5.41, 5.74) is 0.255. The number of nitrogens with one attached hydrogen (secondary N) is 1. The first-order valence-corrected chi connectivity index (χ1v) is 8.17. The zero-order valence-corrected chi connectivity index (χ0v) is 13.2. The van der Waals surface area contributed by atoms with Crippen molar-refractivity contribution >= 4 is 17.7 Å². The summed E-state index contributed by atoms with van der Waals surface area (Å²) < 4.78 is 19.0. The molecule has 2 rings (SSSR count). The van der Waals surface area contributed by atoms with Gasteiger partial charge in [-0.15, -0.1) is 10.2 Å². The molecule has 22 heavy (non-hydrogen) atoms. The van der Waals surface area contributed by atoms with E-state index in [4.69, 9.17) is 4.42 Å². The Hall–Kier alpha value is -1.89. The number of nitrogens with zero attached hydrogens (tertiary/aromatic N) is 2. The largest absolute Gasteiger partial charge is 0.411 e. The van der Waals surface area contributed by atoms with E-state index in [-0.39, 0.29) is 28.3 Å². The number of hydrogen-bond donors (Lipinski definition) is 1. The van der Waals surface area contributed by atoms with Gasteiger partial charge in [0.2, 0.25) is 5.91 Å². The summed E-state index contributed by atoms with van der Waals surface area (Å²) in [6, 6.07) is 6.18. The van der Waals surface area contributed by atoms with Crippen LogP contribution in [0.2, 0.25) is 0 Å². The van der Waals surface area contributed by atoms with Crippen LogP contribution in [0.15, 0.2) is 33.9 Å². The summed E-state index contributed by atoms with van der Waals surface area (Å²) in [7, 11) is 0. The molecular weight excluding hydrogens is 305 g/mol. The van der Waals surface area contributed by atoms with E-state index < -0.39 is 5.82 Å². The lowest BCUT2D eigenvalue weighted by Gasteiger charge is -2.02. The molecule has 118 valence electrons. The maximum absolute atomic E-state index is 13.6. The second kappa shape index (κ2) is 8.53. The fourth-order valence-electron chi connectivity index (χ4n) is 1.79. The second-order valence-corrected chi connectivity index (χ2v) is 5.63. The highest BCUT2D eigenvalue weighted by atomic mass is 32.2. The van der Waals surface area contributed by atoms with Crippen LogP contribution in [0.3, 0.4) is 0 Å². The van der Waals surface area contributed by atoms with E-state index in [9.17, 15) is 9.18 Å². The van der Waals surface area contributed by atoms with Crippen molar-refractivity contribution in [2.24, 2.45) is 0 Å². The predicted octanol–water partition coefficient (Wildman–Crippen LogP) is 3.27. The van der Waals surface area contributed by atoms with E-state index >= 15 is 0 Å². The lowest BCUT2D eigenvalue weighted by atomic mass is 10.2. The van der Waals surface area contributed by atoms with Crippen molar-refractivity contribution in [3.05, 3.63) is 30.1 Å². The average molecular weight is 323 g/mol. The van der Waals surface area contributed by atoms with Crippen LogP contribution in [-0.4, -0.2) is 28.4 Å². The summed E-state index contributed by atoms with van der Waals surface area (Å²) in [5, 5.41) is 10.7. The highest BCUT2D eigenvalue weighted by Gasteiger charge is 2.13. The van der Waals surface area contributed by atoms with Crippen LogP contribution in [0.5, 0.6) is 0 Å². The maximum Gasteiger partial charge on any atom is 0.277 e. The number of rotatable bonds is 8. The van der Waals surface area contributed by atoms with E-state index in [1.54, 1.807) is 18.2 Å². The van der Waals surface area contributed by atoms with Crippen LogP contribution < -0.4 is 5.32 Å². The minimum absolute atomic E-state index is 0.0771. The smallest absolute Gasteiger partial charge is 0.277 e. The molecule has 5 nitrogen and oxygen atoms in total. The molecule has 0 saturated heterocycles. The number of hydrogen-bond acceptors (Lipinski definition) is 5. The van der Waals surface area contributed by atoms with Crippen LogP contribution >= 0.6 is 11.8 Å². The Morgan fingerprint density at radius 1 is 1.32 bits per heavy atom. The molecule has 0 spiro atoms. The van der Waals surface area contributed by atoms with E-state index in [0.29, 0.717) is 6.54 Å². The molecule has 1 aromatic heterocycles. The zero-order chi connectivity index (χ0) is 15.8. The van der Waals surface area contributed by atoms with Crippen molar-refractivity contribution in [1.29, 1.82) is 0 Å². The molecule has 1 N–H and O–H groups in total. The van der Waals surface area contributed by atoms with Gasteiger partial charge in [-0.25, -0.2) is 4.39 Å². The molecule has 1 amide bonds. The summed E-state index contributed by atoms with van der Waals surface area (Å²) in [5.74, 6) is -0.183. The third kappa shape index (κ3) is 4.84. The van der Waals surface area contributed by atoms with Gasteiger partial charge in [0.05, 0.1) is 11.3 Å². The highest BCUT2D eigenvalue weighted by Crippen LogP contribution is 2.24. The molecule has 1 aromatic carbocycles. The average Bonchev–Trinajstić information content (AvgIpc) is 2.99. The predicted molar refractivity (Wildman–Crippen MR) is 83.0 cm³/mol. The number of thioether (sulfide) groups is 1. The molecule has 1 heterocycles. The first kappa shape index (κ1) is 16.5. The minimum Gasteiger partial charge on any atom is -0.411 e. The first-order chi connectivity index (χ1) is 10.7. The van der Waals surface area contributed by atoms with Crippen molar-refractivity contribution in [2.75, 3.05) is 12.3 Å². The molecule has 0 aliphatic heterocycles.